The lowest BCUT2D eigenvalue weighted by Crippen LogP contribution is -2.38. The van der Waals surface area contributed by atoms with Gasteiger partial charge in [-0.3, -0.25) is 9.59 Å². The van der Waals surface area contributed by atoms with E-state index in [1.165, 1.54) is 0 Å². The Morgan fingerprint density at radius 2 is 1.66 bits per heavy atom. The lowest BCUT2D eigenvalue weighted by Gasteiger charge is -2.17. The molecule has 0 aliphatic rings. The fraction of sp³-hybridized carbons (Fsp3) is 0.261. The van der Waals surface area contributed by atoms with Crippen LogP contribution in [-0.2, 0) is 17.1 Å². The molecule has 0 saturated heterocycles. The van der Waals surface area contributed by atoms with Gasteiger partial charge >= 0.3 is 12.4 Å². The van der Waals surface area contributed by atoms with Gasteiger partial charge in [-0.05, 0) is 35.9 Å². The number of hydrazine groups is 1. The Morgan fingerprint density at radius 1 is 1.08 bits per heavy atom. The molecule has 15 heteroatoms. The van der Waals surface area contributed by atoms with Crippen molar-refractivity contribution in [2.45, 2.75) is 18.4 Å². The number of halogens is 6. The number of amides is 2. The van der Waals surface area contributed by atoms with Gasteiger partial charge in [0, 0.05) is 12.7 Å². The van der Waals surface area contributed by atoms with Crippen molar-refractivity contribution >= 4 is 11.8 Å². The number of carbonyl (C=O) groups excluding carboxylic acids is 2. The number of benzene rings is 2. The third-order valence-corrected chi connectivity index (χ3v) is 4.97. The molecule has 204 valence electrons. The number of ether oxygens (including phenoxy) is 1. The molecule has 0 aliphatic heterocycles. The second-order valence-corrected chi connectivity index (χ2v) is 7.65. The van der Waals surface area contributed by atoms with E-state index in [0.717, 1.165) is 54.7 Å². The molecule has 1 unspecified atom stereocenters. The smallest absolute Gasteiger partial charge is 0.416 e. The highest BCUT2D eigenvalue weighted by Gasteiger charge is 2.32. The minimum absolute atomic E-state index is 0.0904. The van der Waals surface area contributed by atoms with Crippen LogP contribution < -0.4 is 26.9 Å². The van der Waals surface area contributed by atoms with Gasteiger partial charge < -0.3 is 26.1 Å². The summed E-state index contributed by atoms with van der Waals surface area (Å²) in [5.74, 6) is 3.75. The van der Waals surface area contributed by atoms with Crippen LogP contribution in [0, 0.1) is 11.3 Å². The molecule has 2 aromatic carbocycles. The molecule has 0 spiro atoms. The summed E-state index contributed by atoms with van der Waals surface area (Å²) in [7, 11) is 1.11. The van der Waals surface area contributed by atoms with Crippen molar-refractivity contribution in [2.75, 3.05) is 20.2 Å². The van der Waals surface area contributed by atoms with Crippen LogP contribution in [0.5, 0.6) is 5.75 Å². The zero-order valence-electron chi connectivity index (χ0n) is 19.7. The molecular weight excluding hydrogens is 522 g/mol. The maximum absolute atomic E-state index is 12.8. The van der Waals surface area contributed by atoms with Gasteiger partial charge in [0.2, 0.25) is 0 Å². The Hall–Kier alpha value is -4.45. The molecule has 2 aromatic rings. The lowest BCUT2D eigenvalue weighted by atomic mass is 10.1. The van der Waals surface area contributed by atoms with Crippen LogP contribution >= 0.6 is 0 Å². The van der Waals surface area contributed by atoms with E-state index >= 15 is 0 Å². The van der Waals surface area contributed by atoms with Crippen molar-refractivity contribution in [3.63, 3.8) is 0 Å². The molecule has 38 heavy (non-hydrogen) atoms. The predicted octanol–water partition coefficient (Wildman–Crippen LogP) is 2.82. The van der Waals surface area contributed by atoms with Crippen LogP contribution in [0.3, 0.4) is 0 Å². The molecule has 0 fully saturated rings. The third-order valence-electron chi connectivity index (χ3n) is 4.97. The van der Waals surface area contributed by atoms with E-state index < -0.39 is 47.0 Å². The van der Waals surface area contributed by atoms with Gasteiger partial charge in [0.05, 0.1) is 36.4 Å². The first-order chi connectivity index (χ1) is 17.7. The van der Waals surface area contributed by atoms with Crippen molar-refractivity contribution in [3.05, 3.63) is 76.6 Å². The predicted molar refractivity (Wildman–Crippen MR) is 121 cm³/mol. The zero-order chi connectivity index (χ0) is 28.7. The fourth-order valence-corrected chi connectivity index (χ4v) is 3.02. The van der Waals surface area contributed by atoms with E-state index in [4.69, 9.17) is 16.3 Å². The lowest BCUT2D eigenvalue weighted by molar-refractivity contribution is -0.138. The minimum atomic E-state index is -4.62. The van der Waals surface area contributed by atoms with Crippen LogP contribution in [-0.4, -0.2) is 37.0 Å². The number of hydrogen-bond acceptors (Lipinski definition) is 7. The second-order valence-electron chi connectivity index (χ2n) is 7.65. The Bertz CT molecular complexity index is 1220. The Labute approximate surface area is 212 Å². The Morgan fingerprint density at radius 3 is 2.18 bits per heavy atom. The molecule has 2 amide bonds. The van der Waals surface area contributed by atoms with E-state index in [-0.39, 0.29) is 30.0 Å². The van der Waals surface area contributed by atoms with Crippen molar-refractivity contribution in [1.82, 2.24) is 15.6 Å². The number of rotatable bonds is 9. The molecule has 1 atom stereocenters. The molecule has 2 rings (SSSR count). The number of nitrogens with two attached hydrogens (primary N) is 2. The summed E-state index contributed by atoms with van der Waals surface area (Å²) in [5.41, 5.74) is 3.24. The summed E-state index contributed by atoms with van der Waals surface area (Å²) in [6, 6.07) is 6.42. The van der Waals surface area contributed by atoms with E-state index in [0.29, 0.717) is 6.07 Å². The fourth-order valence-electron chi connectivity index (χ4n) is 3.02. The molecule has 0 bridgehead atoms. The maximum Gasteiger partial charge on any atom is 0.416 e. The Kier molecular flexibility index (Phi) is 9.55. The highest BCUT2D eigenvalue weighted by atomic mass is 19.4. The van der Waals surface area contributed by atoms with E-state index in [9.17, 15) is 41.2 Å². The first kappa shape index (κ1) is 29.8. The van der Waals surface area contributed by atoms with Gasteiger partial charge in [0.15, 0.2) is 0 Å². The molecule has 0 aromatic heterocycles. The molecule has 0 radical (unpaired) electrons. The standard InChI is InChI=1S/C23H22F6N6O3/c1-38-19-10-15(23(27,28)29)6-7-16(19)20(36)33-8-9-35(32)12-17(31)21(37)34-18(11-30)13-2-4-14(5-3-13)22(24,25)26/h2-7,10,12,18H,8-9,31-32H2,1H3,(H,33,36)(H,34,37)/b17-12-. The average Bonchev–Trinajstić information content (AvgIpc) is 2.85. The number of alkyl halides is 6. The van der Waals surface area contributed by atoms with E-state index in [2.05, 4.69) is 10.6 Å². The number of hydrogen-bond donors (Lipinski definition) is 4. The van der Waals surface area contributed by atoms with Gasteiger partial charge in [-0.15, -0.1) is 0 Å². The van der Waals surface area contributed by atoms with Gasteiger partial charge in [-0.1, -0.05) is 12.1 Å². The summed E-state index contributed by atoms with van der Waals surface area (Å²) in [6.45, 7) is -0.208. The topological polar surface area (TPSA) is 146 Å². The summed E-state index contributed by atoms with van der Waals surface area (Å²) in [6.07, 6.45) is -8.20. The highest BCUT2D eigenvalue weighted by Crippen LogP contribution is 2.33. The maximum atomic E-state index is 12.8. The monoisotopic (exact) mass is 544 g/mol. The van der Waals surface area contributed by atoms with Crippen LogP contribution in [0.2, 0.25) is 0 Å². The number of nitriles is 1. The summed E-state index contributed by atoms with van der Waals surface area (Å²) >= 11 is 0. The van der Waals surface area contributed by atoms with Crippen molar-refractivity contribution in [1.29, 1.82) is 5.26 Å². The van der Waals surface area contributed by atoms with Crippen LogP contribution in [0.4, 0.5) is 26.3 Å². The number of methoxy groups -OCH3 is 1. The first-order valence-corrected chi connectivity index (χ1v) is 10.6. The summed E-state index contributed by atoms with van der Waals surface area (Å²) < 4.78 is 81.5. The van der Waals surface area contributed by atoms with Crippen LogP contribution in [0.1, 0.15) is 33.1 Å². The van der Waals surface area contributed by atoms with Crippen molar-refractivity contribution < 1.29 is 40.7 Å². The zero-order valence-corrected chi connectivity index (χ0v) is 19.7. The van der Waals surface area contributed by atoms with Crippen LogP contribution in [0.15, 0.2) is 54.4 Å². The highest BCUT2D eigenvalue weighted by molar-refractivity contribution is 5.97. The first-order valence-electron chi connectivity index (χ1n) is 10.6. The number of nitrogens with zero attached hydrogens (tertiary/aromatic N) is 2. The molecular formula is C23H22F6N6O3. The van der Waals surface area contributed by atoms with Gasteiger partial charge in [0.1, 0.15) is 17.5 Å². The van der Waals surface area contributed by atoms with Gasteiger partial charge in [0.25, 0.3) is 11.8 Å². The number of carbonyl (C=O) groups is 2. The average molecular weight is 544 g/mol. The van der Waals surface area contributed by atoms with E-state index in [1.807, 2.05) is 0 Å². The number of nitrogens with one attached hydrogen (secondary N) is 2. The van der Waals surface area contributed by atoms with Gasteiger partial charge in [-0.2, -0.15) is 31.6 Å². The second kappa shape index (κ2) is 12.2. The van der Waals surface area contributed by atoms with Gasteiger partial charge in [-0.25, -0.2) is 5.84 Å². The third kappa shape index (κ3) is 8.03. The molecule has 0 aliphatic carbocycles. The van der Waals surface area contributed by atoms with E-state index in [1.54, 1.807) is 6.07 Å². The Balaban J connectivity index is 1.94. The summed E-state index contributed by atoms with van der Waals surface area (Å²) in [5, 5.41) is 14.9. The molecule has 0 saturated carbocycles. The molecule has 0 heterocycles. The molecule has 6 N–H and O–H groups in total. The van der Waals surface area contributed by atoms with Crippen molar-refractivity contribution in [2.24, 2.45) is 11.6 Å². The minimum Gasteiger partial charge on any atom is -0.496 e. The normalized spacial score (nSPS) is 12.8. The quantitative estimate of drug-likeness (QED) is 0.164. The SMILES string of the molecule is COc1cc(C(F)(F)F)ccc1C(=O)NCCN(N)/C=C(\N)C(=O)NC(C#N)c1ccc(C(F)(F)F)cc1. The summed E-state index contributed by atoms with van der Waals surface area (Å²) in [4.78, 5) is 24.6. The molecule has 9 nitrogen and oxygen atoms in total. The largest absolute Gasteiger partial charge is 0.496 e. The van der Waals surface area contributed by atoms with Crippen LogP contribution in [0.25, 0.3) is 0 Å². The van der Waals surface area contributed by atoms with Crippen molar-refractivity contribution in [3.8, 4) is 11.8 Å².